The lowest BCUT2D eigenvalue weighted by molar-refractivity contribution is 0.299. The van der Waals surface area contributed by atoms with Gasteiger partial charge in [0.2, 0.25) is 0 Å². The monoisotopic (exact) mass is 776 g/mol. The van der Waals surface area contributed by atoms with Gasteiger partial charge in [0.15, 0.2) is 0 Å². The summed E-state index contributed by atoms with van der Waals surface area (Å²) in [5.74, 6) is 0. The molecule has 9 heteroatoms. The molecule has 3 aromatic heterocycles. The van der Waals surface area contributed by atoms with E-state index in [-0.39, 0.29) is 0 Å². The van der Waals surface area contributed by atoms with Crippen molar-refractivity contribution >= 4 is 12.4 Å². The summed E-state index contributed by atoms with van der Waals surface area (Å²) in [6.45, 7) is 21.2. The van der Waals surface area contributed by atoms with Gasteiger partial charge in [-0.25, -0.2) is 4.98 Å². The first-order chi connectivity index (χ1) is 27.8. The minimum absolute atomic E-state index is 0.580. The molecule has 6 heterocycles. The maximum absolute atomic E-state index is 5.21. The number of benzene rings is 2. The van der Waals surface area contributed by atoms with E-state index in [2.05, 4.69) is 126 Å². The van der Waals surface area contributed by atoms with Crippen LogP contribution in [-0.4, -0.2) is 75.2 Å². The van der Waals surface area contributed by atoms with E-state index in [0.717, 1.165) is 86.5 Å². The molecule has 0 amide bonds. The number of pyridine rings is 3. The lowest BCUT2D eigenvalue weighted by Gasteiger charge is -2.28. The van der Waals surface area contributed by atoms with Gasteiger partial charge in [-0.05, 0) is 173 Å². The fraction of sp³-hybridized carbons (Fsp3) is 0.408. The van der Waals surface area contributed by atoms with Gasteiger partial charge in [0.25, 0.3) is 0 Å². The Morgan fingerprint density at radius 2 is 0.621 bits per heavy atom. The van der Waals surface area contributed by atoms with Gasteiger partial charge >= 0.3 is 0 Å². The summed E-state index contributed by atoms with van der Waals surface area (Å²) in [5, 5.41) is 0. The molecule has 0 saturated heterocycles. The third-order valence-electron chi connectivity index (χ3n) is 12.3. The fourth-order valence-corrected chi connectivity index (χ4v) is 9.10. The van der Waals surface area contributed by atoms with Crippen molar-refractivity contribution in [3.05, 3.63) is 156 Å². The van der Waals surface area contributed by atoms with E-state index in [1.54, 1.807) is 0 Å². The minimum atomic E-state index is 0.580. The predicted molar refractivity (Wildman–Crippen MR) is 237 cm³/mol. The van der Waals surface area contributed by atoms with Crippen LogP contribution in [0.1, 0.15) is 101 Å². The van der Waals surface area contributed by atoms with Crippen LogP contribution >= 0.6 is 0 Å². The number of hydrogen-bond donors (Lipinski definition) is 0. The SMILES string of the molecule is Cc1c2c(C)c3c(C)c1CN(C)Cc1cccc(n1)CN(C)Cc1c(C)c(c(C)c(c1C)CN(C)Cc1cccc(n1)CN(C)C3)CN=Cc1cccc(n1)C=NC2. The lowest BCUT2D eigenvalue weighted by atomic mass is 9.87. The zero-order chi connectivity index (χ0) is 41.1. The first kappa shape index (κ1) is 41.2. The number of hydrogen-bond acceptors (Lipinski definition) is 9. The molecule has 58 heavy (non-hydrogen) atoms. The van der Waals surface area contributed by atoms with E-state index >= 15 is 0 Å². The van der Waals surface area contributed by atoms with E-state index < -0.39 is 0 Å². The highest BCUT2D eigenvalue weighted by atomic mass is 15.1. The Balaban J connectivity index is 1.42. The second-order valence-corrected chi connectivity index (χ2v) is 17.0. The predicted octanol–water partition coefficient (Wildman–Crippen LogP) is 8.12. The van der Waals surface area contributed by atoms with Crippen LogP contribution < -0.4 is 0 Å². The molecule has 3 aliphatic rings. The molecule has 3 aliphatic heterocycles. The highest BCUT2D eigenvalue weighted by molar-refractivity contribution is 5.81. The van der Waals surface area contributed by atoms with Crippen molar-refractivity contribution in [3.63, 3.8) is 0 Å². The maximum atomic E-state index is 5.21. The van der Waals surface area contributed by atoms with Crippen LogP contribution in [0.5, 0.6) is 0 Å². The Morgan fingerprint density at radius 3 is 0.931 bits per heavy atom. The molecule has 8 rings (SSSR count). The largest absolute Gasteiger partial charge is 0.296 e. The molecule has 0 spiro atoms. The number of fused-ring (bicyclic) bond motifs is 10. The Bertz CT molecular complexity index is 2090. The van der Waals surface area contributed by atoms with Crippen LogP contribution in [0.25, 0.3) is 0 Å². The smallest absolute Gasteiger partial charge is 0.0815 e. The Morgan fingerprint density at radius 1 is 0.345 bits per heavy atom. The van der Waals surface area contributed by atoms with Crippen LogP contribution in [0, 0.1) is 41.5 Å². The minimum Gasteiger partial charge on any atom is -0.296 e. The molecule has 0 aliphatic carbocycles. The Kier molecular flexibility index (Phi) is 12.7. The second kappa shape index (κ2) is 17.9. The summed E-state index contributed by atoms with van der Waals surface area (Å²) in [6.07, 6.45) is 3.84. The average Bonchev–Trinajstić information content (AvgIpc) is 3.18. The summed E-state index contributed by atoms with van der Waals surface area (Å²) < 4.78 is 0. The van der Waals surface area contributed by atoms with Gasteiger partial charge < -0.3 is 0 Å². The van der Waals surface area contributed by atoms with Crippen LogP contribution in [-0.2, 0) is 65.4 Å². The molecule has 0 atom stereocenters. The second-order valence-electron chi connectivity index (χ2n) is 17.0. The third-order valence-corrected chi connectivity index (χ3v) is 12.3. The van der Waals surface area contributed by atoms with Crippen molar-refractivity contribution in [1.29, 1.82) is 0 Å². The summed E-state index contributed by atoms with van der Waals surface area (Å²) >= 11 is 0. The zero-order valence-electron chi connectivity index (χ0n) is 36.4. The quantitative estimate of drug-likeness (QED) is 0.157. The topological polar surface area (TPSA) is 76.4 Å². The number of aliphatic imine (C=N–C) groups is 2. The molecule has 0 saturated carbocycles. The molecule has 0 fully saturated rings. The van der Waals surface area contributed by atoms with E-state index in [9.17, 15) is 0 Å². The fourth-order valence-electron chi connectivity index (χ4n) is 9.10. The zero-order valence-corrected chi connectivity index (χ0v) is 36.4. The van der Waals surface area contributed by atoms with E-state index in [4.69, 9.17) is 24.9 Å². The van der Waals surface area contributed by atoms with Crippen LogP contribution in [0.4, 0.5) is 0 Å². The van der Waals surface area contributed by atoms with Gasteiger partial charge in [0.1, 0.15) is 0 Å². The summed E-state index contributed by atoms with van der Waals surface area (Å²) in [6, 6.07) is 19.1. The van der Waals surface area contributed by atoms with Crippen LogP contribution in [0.15, 0.2) is 64.6 Å². The first-order valence-corrected chi connectivity index (χ1v) is 20.7. The molecule has 0 N–H and O–H groups in total. The van der Waals surface area contributed by atoms with Gasteiger partial charge in [-0.1, -0.05) is 18.2 Å². The van der Waals surface area contributed by atoms with Crippen molar-refractivity contribution < 1.29 is 0 Å². The van der Waals surface area contributed by atoms with Gasteiger partial charge in [-0.3, -0.25) is 39.6 Å². The highest BCUT2D eigenvalue weighted by Crippen LogP contribution is 2.32. The standard InChI is InChI=1S/C49H61N9/c1-32-44-22-50-20-38-14-11-15-39(52-38)21-51-23-45-34(3)48-30-57(9)26-42-17-12-16-40(53-42)24-55(7)28-46(32)36(5)47(33(44)2)29-56(8)25-41-18-13-19-43(54-41)27-58(10)31-49(35(45)4)37(48)6/h11-21H,22-31H2,1-10H3. The Hall–Kier alpha value is -4.93. The molecule has 5 aromatic rings. The molecular weight excluding hydrogens is 715 g/mol. The first-order valence-electron chi connectivity index (χ1n) is 20.7. The Labute approximate surface area is 346 Å². The van der Waals surface area contributed by atoms with Crippen molar-refractivity contribution in [2.24, 2.45) is 9.98 Å². The third kappa shape index (κ3) is 9.34. The van der Waals surface area contributed by atoms with Gasteiger partial charge in [-0.15, -0.1) is 0 Å². The normalized spacial score (nSPS) is 16.7. The molecule has 2 aromatic carbocycles. The number of rotatable bonds is 0. The van der Waals surface area contributed by atoms with Crippen molar-refractivity contribution in [2.75, 3.05) is 28.2 Å². The summed E-state index contributed by atoms with van der Waals surface area (Å²) in [7, 11) is 8.86. The molecule has 0 radical (unpaired) electrons. The highest BCUT2D eigenvalue weighted by Gasteiger charge is 2.22. The maximum Gasteiger partial charge on any atom is 0.0815 e. The van der Waals surface area contributed by atoms with Crippen molar-refractivity contribution in [2.45, 2.75) is 107 Å². The van der Waals surface area contributed by atoms with Gasteiger partial charge in [0.05, 0.1) is 47.3 Å². The van der Waals surface area contributed by atoms with Crippen LogP contribution in [0.3, 0.4) is 0 Å². The molecular formula is C49H61N9. The van der Waals surface area contributed by atoms with Crippen molar-refractivity contribution in [3.8, 4) is 0 Å². The van der Waals surface area contributed by atoms with E-state index in [1.165, 1.54) is 66.8 Å². The summed E-state index contributed by atoms with van der Waals surface area (Å²) in [4.78, 5) is 35.1. The molecule has 0 unspecified atom stereocenters. The van der Waals surface area contributed by atoms with E-state index in [0.29, 0.717) is 13.1 Å². The average molecular weight is 776 g/mol. The number of aromatic nitrogens is 3. The van der Waals surface area contributed by atoms with Crippen LogP contribution in [0.2, 0.25) is 0 Å². The molecule has 9 nitrogen and oxygen atoms in total. The molecule has 12 bridgehead atoms. The lowest BCUT2D eigenvalue weighted by Crippen LogP contribution is -2.25. The van der Waals surface area contributed by atoms with E-state index in [1.807, 2.05) is 30.6 Å². The molecule has 302 valence electrons. The van der Waals surface area contributed by atoms with Gasteiger partial charge in [0, 0.05) is 64.8 Å². The van der Waals surface area contributed by atoms with Crippen molar-refractivity contribution in [1.82, 2.24) is 34.6 Å². The number of nitrogens with zero attached hydrogens (tertiary/aromatic N) is 9. The summed E-state index contributed by atoms with van der Waals surface area (Å²) in [5.41, 5.74) is 22.0. The van der Waals surface area contributed by atoms with Gasteiger partial charge in [-0.2, -0.15) is 0 Å².